The molecule has 2 aromatic carbocycles. The lowest BCUT2D eigenvalue weighted by molar-refractivity contribution is -0.127. The van der Waals surface area contributed by atoms with E-state index in [1.807, 2.05) is 26.0 Å². The Morgan fingerprint density at radius 3 is 2.52 bits per heavy atom. The maximum atomic E-state index is 12.5. The largest absolute Gasteiger partial charge is 0.508 e. The molecule has 27 heavy (non-hydrogen) atoms. The zero-order valence-electron chi connectivity index (χ0n) is 14.9. The number of carbonyl (C=O) groups excluding carboxylic acids is 3. The maximum Gasteiger partial charge on any atom is 0.294 e. The minimum Gasteiger partial charge on any atom is -0.508 e. The van der Waals surface area contributed by atoms with E-state index in [9.17, 15) is 19.5 Å². The normalized spacial score (nSPS) is 15.5. The third kappa shape index (κ3) is 4.38. The molecular formula is C20H18N2O4S. The van der Waals surface area contributed by atoms with Crippen molar-refractivity contribution in [3.8, 4) is 5.75 Å². The third-order valence-corrected chi connectivity index (χ3v) is 4.93. The summed E-state index contributed by atoms with van der Waals surface area (Å²) in [5.41, 5.74) is 3.32. The van der Waals surface area contributed by atoms with Crippen LogP contribution in [0.1, 0.15) is 16.7 Å². The highest BCUT2D eigenvalue weighted by molar-refractivity contribution is 8.18. The molecule has 0 aromatic heterocycles. The number of aryl methyl sites for hydroxylation is 2. The summed E-state index contributed by atoms with van der Waals surface area (Å²) in [4.78, 5) is 38.1. The second-order valence-electron chi connectivity index (χ2n) is 6.23. The van der Waals surface area contributed by atoms with Crippen molar-refractivity contribution in [3.63, 3.8) is 0 Å². The van der Waals surface area contributed by atoms with Gasteiger partial charge in [0, 0.05) is 5.69 Å². The second-order valence-corrected chi connectivity index (χ2v) is 7.22. The molecule has 1 aliphatic heterocycles. The molecule has 6 nitrogen and oxygen atoms in total. The summed E-state index contributed by atoms with van der Waals surface area (Å²) in [5, 5.41) is 11.6. The fraction of sp³-hybridized carbons (Fsp3) is 0.150. The molecule has 3 rings (SSSR count). The fourth-order valence-electron chi connectivity index (χ4n) is 2.65. The molecule has 0 atom stereocenters. The molecule has 2 aromatic rings. The highest BCUT2D eigenvalue weighted by atomic mass is 32.2. The van der Waals surface area contributed by atoms with Gasteiger partial charge in [0.2, 0.25) is 5.91 Å². The van der Waals surface area contributed by atoms with Crippen molar-refractivity contribution in [2.45, 2.75) is 13.8 Å². The standard InChI is InChI=1S/C20H18N2O4S/c1-12-3-8-16(13(2)9-12)21-18(24)11-22-19(25)17(27-20(22)26)10-14-4-6-15(23)7-5-14/h3-10,23H,11H2,1-2H3,(H,21,24)/b17-10+. The first kappa shape index (κ1) is 18.7. The van der Waals surface area contributed by atoms with E-state index < -0.39 is 17.1 Å². The smallest absolute Gasteiger partial charge is 0.294 e. The van der Waals surface area contributed by atoms with Crippen LogP contribution in [-0.2, 0) is 9.59 Å². The second kappa shape index (κ2) is 7.67. The van der Waals surface area contributed by atoms with Crippen LogP contribution in [0.15, 0.2) is 47.4 Å². The van der Waals surface area contributed by atoms with E-state index in [1.165, 1.54) is 12.1 Å². The Morgan fingerprint density at radius 1 is 1.15 bits per heavy atom. The fourth-order valence-corrected chi connectivity index (χ4v) is 3.48. The summed E-state index contributed by atoms with van der Waals surface area (Å²) in [7, 11) is 0. The first-order valence-corrected chi connectivity index (χ1v) is 9.06. The molecule has 0 aliphatic carbocycles. The molecule has 1 saturated heterocycles. The lowest BCUT2D eigenvalue weighted by atomic mass is 10.1. The lowest BCUT2D eigenvalue weighted by Gasteiger charge is -2.14. The number of hydrogen-bond donors (Lipinski definition) is 2. The van der Waals surface area contributed by atoms with Gasteiger partial charge in [-0.2, -0.15) is 0 Å². The van der Waals surface area contributed by atoms with E-state index in [4.69, 9.17) is 0 Å². The van der Waals surface area contributed by atoms with Crippen LogP contribution in [0.5, 0.6) is 5.75 Å². The van der Waals surface area contributed by atoms with Crippen LogP contribution in [0, 0.1) is 13.8 Å². The van der Waals surface area contributed by atoms with Crippen molar-refractivity contribution in [2.75, 3.05) is 11.9 Å². The first-order valence-electron chi connectivity index (χ1n) is 8.25. The van der Waals surface area contributed by atoms with Gasteiger partial charge in [0.1, 0.15) is 12.3 Å². The van der Waals surface area contributed by atoms with Gasteiger partial charge < -0.3 is 10.4 Å². The number of nitrogens with zero attached hydrogens (tertiary/aromatic N) is 1. The van der Waals surface area contributed by atoms with Crippen LogP contribution in [-0.4, -0.2) is 33.6 Å². The summed E-state index contributed by atoms with van der Waals surface area (Å²) in [6.07, 6.45) is 1.56. The Kier molecular flexibility index (Phi) is 5.32. The topological polar surface area (TPSA) is 86.7 Å². The maximum absolute atomic E-state index is 12.5. The zero-order valence-corrected chi connectivity index (χ0v) is 15.7. The number of thioether (sulfide) groups is 1. The zero-order chi connectivity index (χ0) is 19.6. The number of phenolic OH excluding ortho intramolecular Hbond substituents is 1. The van der Waals surface area contributed by atoms with Gasteiger partial charge >= 0.3 is 0 Å². The van der Waals surface area contributed by atoms with E-state index in [0.29, 0.717) is 11.3 Å². The highest BCUT2D eigenvalue weighted by Crippen LogP contribution is 2.32. The molecule has 138 valence electrons. The van der Waals surface area contributed by atoms with E-state index in [2.05, 4.69) is 5.32 Å². The van der Waals surface area contributed by atoms with Crippen LogP contribution in [0.25, 0.3) is 6.08 Å². The minimum absolute atomic E-state index is 0.114. The first-order chi connectivity index (χ1) is 12.8. The number of benzene rings is 2. The van der Waals surface area contributed by atoms with Gasteiger partial charge in [-0.1, -0.05) is 29.8 Å². The number of imide groups is 1. The predicted octanol–water partition coefficient (Wildman–Crippen LogP) is 3.68. The van der Waals surface area contributed by atoms with E-state index in [1.54, 1.807) is 24.3 Å². The SMILES string of the molecule is Cc1ccc(NC(=O)CN2C(=O)S/C(=C/c3ccc(O)cc3)C2=O)c(C)c1. The van der Waals surface area contributed by atoms with E-state index in [0.717, 1.165) is 27.8 Å². The van der Waals surface area contributed by atoms with Gasteiger partial charge in [-0.15, -0.1) is 0 Å². The molecule has 7 heteroatoms. The van der Waals surface area contributed by atoms with Crippen LogP contribution < -0.4 is 5.32 Å². The molecule has 1 fully saturated rings. The van der Waals surface area contributed by atoms with Gasteiger partial charge in [0.05, 0.1) is 4.91 Å². The number of hydrogen-bond acceptors (Lipinski definition) is 5. The van der Waals surface area contributed by atoms with E-state index >= 15 is 0 Å². The van der Waals surface area contributed by atoms with Crippen molar-refractivity contribution in [3.05, 3.63) is 64.1 Å². The molecular weight excluding hydrogens is 364 g/mol. The number of amides is 3. The summed E-state index contributed by atoms with van der Waals surface area (Å²) < 4.78 is 0. The van der Waals surface area contributed by atoms with Crippen molar-refractivity contribution < 1.29 is 19.5 Å². The number of nitrogens with one attached hydrogen (secondary N) is 1. The van der Waals surface area contributed by atoms with Crippen molar-refractivity contribution in [1.29, 1.82) is 0 Å². The number of aromatic hydroxyl groups is 1. The number of anilines is 1. The van der Waals surface area contributed by atoms with Crippen LogP contribution in [0.3, 0.4) is 0 Å². The van der Waals surface area contributed by atoms with Gasteiger partial charge in [0.25, 0.3) is 11.1 Å². The Balaban J connectivity index is 1.69. The summed E-state index contributed by atoms with van der Waals surface area (Å²) in [6.45, 7) is 3.49. The molecule has 0 saturated carbocycles. The molecule has 2 N–H and O–H groups in total. The van der Waals surface area contributed by atoms with Crippen LogP contribution in [0.4, 0.5) is 10.5 Å². The molecule has 0 radical (unpaired) electrons. The van der Waals surface area contributed by atoms with Gasteiger partial charge in [0.15, 0.2) is 0 Å². The number of carbonyl (C=O) groups is 3. The molecule has 0 bridgehead atoms. The molecule has 3 amide bonds. The van der Waals surface area contributed by atoms with Gasteiger partial charge in [-0.25, -0.2) is 0 Å². The average Bonchev–Trinajstić information content (AvgIpc) is 2.87. The Bertz CT molecular complexity index is 951. The highest BCUT2D eigenvalue weighted by Gasteiger charge is 2.36. The minimum atomic E-state index is -0.506. The Hall–Kier alpha value is -3.06. The quantitative estimate of drug-likeness (QED) is 0.788. The van der Waals surface area contributed by atoms with Crippen LogP contribution in [0.2, 0.25) is 0 Å². The van der Waals surface area contributed by atoms with Crippen LogP contribution >= 0.6 is 11.8 Å². The van der Waals surface area contributed by atoms with Gasteiger partial charge in [-0.3, -0.25) is 19.3 Å². The average molecular weight is 382 g/mol. The summed E-state index contributed by atoms with van der Waals surface area (Å²) in [5.74, 6) is -0.827. The van der Waals surface area contributed by atoms with Crippen molar-refractivity contribution in [1.82, 2.24) is 4.90 Å². The van der Waals surface area contributed by atoms with E-state index in [-0.39, 0.29) is 17.2 Å². The predicted molar refractivity (Wildman–Crippen MR) is 105 cm³/mol. The van der Waals surface area contributed by atoms with Crippen molar-refractivity contribution >= 4 is 40.6 Å². The molecule has 0 spiro atoms. The van der Waals surface area contributed by atoms with Crippen molar-refractivity contribution in [2.24, 2.45) is 0 Å². The Morgan fingerprint density at radius 2 is 1.85 bits per heavy atom. The molecule has 0 unspecified atom stereocenters. The summed E-state index contributed by atoms with van der Waals surface area (Å²) >= 11 is 0.790. The lowest BCUT2D eigenvalue weighted by Crippen LogP contribution is -2.36. The number of phenols is 1. The molecule has 1 heterocycles. The number of rotatable bonds is 4. The third-order valence-electron chi connectivity index (χ3n) is 4.02. The monoisotopic (exact) mass is 382 g/mol. The van der Waals surface area contributed by atoms with Gasteiger partial charge in [-0.05, 0) is 61.0 Å². The summed E-state index contributed by atoms with van der Waals surface area (Å²) in [6, 6.07) is 11.9. The Labute approximate surface area is 160 Å². The molecule has 1 aliphatic rings.